The van der Waals surface area contributed by atoms with E-state index in [1.165, 1.54) is 0 Å². The summed E-state index contributed by atoms with van der Waals surface area (Å²) in [6.45, 7) is 1.92. The van der Waals surface area contributed by atoms with E-state index in [0.717, 1.165) is 5.56 Å². The summed E-state index contributed by atoms with van der Waals surface area (Å²) in [6.07, 6.45) is 0. The number of halogens is 1. The van der Waals surface area contributed by atoms with Gasteiger partial charge in [-0.1, -0.05) is 12.1 Å². The SMILES string of the molecule is COc1ccc(C)c(NC(=O)c2cccc(Br)n2)c1. The molecule has 0 atom stereocenters. The number of methoxy groups -OCH3 is 1. The van der Waals surface area contributed by atoms with Crippen LogP contribution >= 0.6 is 15.9 Å². The van der Waals surface area contributed by atoms with Gasteiger partial charge in [0.1, 0.15) is 16.0 Å². The molecule has 19 heavy (non-hydrogen) atoms. The number of hydrogen-bond acceptors (Lipinski definition) is 3. The van der Waals surface area contributed by atoms with Crippen LogP contribution in [0.15, 0.2) is 41.0 Å². The number of hydrogen-bond donors (Lipinski definition) is 1. The first-order valence-electron chi connectivity index (χ1n) is 5.68. The van der Waals surface area contributed by atoms with Gasteiger partial charge < -0.3 is 10.1 Å². The van der Waals surface area contributed by atoms with Crippen LogP contribution in [0.2, 0.25) is 0 Å². The van der Waals surface area contributed by atoms with Crippen LogP contribution in [0.1, 0.15) is 16.1 Å². The fourth-order valence-electron chi connectivity index (χ4n) is 1.58. The Morgan fingerprint density at radius 3 is 2.79 bits per heavy atom. The van der Waals surface area contributed by atoms with E-state index >= 15 is 0 Å². The second kappa shape index (κ2) is 5.84. The molecule has 0 spiro atoms. The van der Waals surface area contributed by atoms with Gasteiger partial charge in [0.25, 0.3) is 5.91 Å². The first kappa shape index (κ1) is 13.5. The lowest BCUT2D eigenvalue weighted by molar-refractivity contribution is 0.102. The normalized spacial score (nSPS) is 10.1. The summed E-state index contributed by atoms with van der Waals surface area (Å²) < 4.78 is 5.77. The van der Waals surface area contributed by atoms with Crippen molar-refractivity contribution in [2.45, 2.75) is 6.92 Å². The van der Waals surface area contributed by atoms with E-state index in [-0.39, 0.29) is 5.91 Å². The third-order valence-corrected chi connectivity index (χ3v) is 3.08. The van der Waals surface area contributed by atoms with E-state index in [0.29, 0.717) is 21.7 Å². The molecule has 2 aromatic rings. The van der Waals surface area contributed by atoms with Crippen molar-refractivity contribution in [3.05, 3.63) is 52.3 Å². The lowest BCUT2D eigenvalue weighted by atomic mass is 10.2. The smallest absolute Gasteiger partial charge is 0.274 e. The van der Waals surface area contributed by atoms with Gasteiger partial charge in [-0.25, -0.2) is 4.98 Å². The van der Waals surface area contributed by atoms with E-state index < -0.39 is 0 Å². The van der Waals surface area contributed by atoms with Crippen LogP contribution in [0.3, 0.4) is 0 Å². The molecular formula is C14H13BrN2O2. The summed E-state index contributed by atoms with van der Waals surface area (Å²) in [6, 6.07) is 10.7. The van der Waals surface area contributed by atoms with E-state index in [4.69, 9.17) is 4.74 Å². The van der Waals surface area contributed by atoms with E-state index in [1.807, 2.05) is 19.1 Å². The zero-order valence-corrected chi connectivity index (χ0v) is 12.2. The molecule has 1 heterocycles. The number of aryl methyl sites for hydroxylation is 1. The molecule has 4 nitrogen and oxygen atoms in total. The molecular weight excluding hydrogens is 308 g/mol. The molecule has 1 aromatic heterocycles. The first-order chi connectivity index (χ1) is 9.10. The van der Waals surface area contributed by atoms with Crippen molar-refractivity contribution in [1.82, 2.24) is 4.98 Å². The van der Waals surface area contributed by atoms with Gasteiger partial charge in [-0.2, -0.15) is 0 Å². The van der Waals surface area contributed by atoms with Gasteiger partial charge in [-0.15, -0.1) is 0 Å². The van der Waals surface area contributed by atoms with E-state index in [2.05, 4.69) is 26.2 Å². The molecule has 0 radical (unpaired) electrons. The van der Waals surface area contributed by atoms with Gasteiger partial charge in [0.2, 0.25) is 0 Å². The number of ether oxygens (including phenoxy) is 1. The largest absolute Gasteiger partial charge is 0.497 e. The first-order valence-corrected chi connectivity index (χ1v) is 6.48. The summed E-state index contributed by atoms with van der Waals surface area (Å²) in [7, 11) is 1.59. The lowest BCUT2D eigenvalue weighted by Gasteiger charge is -2.10. The number of nitrogens with zero attached hydrogens (tertiary/aromatic N) is 1. The van der Waals surface area contributed by atoms with Crippen LogP contribution in [0.25, 0.3) is 0 Å². The predicted octanol–water partition coefficient (Wildman–Crippen LogP) is 3.41. The van der Waals surface area contributed by atoms with Crippen molar-refractivity contribution in [3.63, 3.8) is 0 Å². The molecule has 0 unspecified atom stereocenters. The van der Waals surface area contributed by atoms with Gasteiger partial charge in [0.05, 0.1) is 7.11 Å². The molecule has 2 rings (SSSR count). The Morgan fingerprint density at radius 1 is 1.32 bits per heavy atom. The second-order valence-electron chi connectivity index (χ2n) is 3.98. The highest BCUT2D eigenvalue weighted by Gasteiger charge is 2.10. The molecule has 1 N–H and O–H groups in total. The molecule has 5 heteroatoms. The van der Waals surface area contributed by atoms with Crippen LogP contribution in [-0.4, -0.2) is 18.0 Å². The maximum atomic E-state index is 12.1. The Hall–Kier alpha value is -1.88. The van der Waals surface area contributed by atoms with Gasteiger partial charge in [0, 0.05) is 11.8 Å². The molecule has 1 amide bonds. The molecule has 0 aliphatic heterocycles. The highest BCUT2D eigenvalue weighted by Crippen LogP contribution is 2.22. The van der Waals surface area contributed by atoms with Gasteiger partial charge in [-0.05, 0) is 46.6 Å². The summed E-state index contributed by atoms with van der Waals surface area (Å²) in [5, 5.41) is 2.83. The van der Waals surface area contributed by atoms with Crippen molar-refractivity contribution < 1.29 is 9.53 Å². The molecule has 0 fully saturated rings. The van der Waals surface area contributed by atoms with Crippen LogP contribution in [0.4, 0.5) is 5.69 Å². The third kappa shape index (κ3) is 3.32. The quantitative estimate of drug-likeness (QED) is 0.882. The predicted molar refractivity (Wildman–Crippen MR) is 77.6 cm³/mol. The van der Waals surface area contributed by atoms with Crippen LogP contribution in [-0.2, 0) is 0 Å². The molecule has 0 bridgehead atoms. The van der Waals surface area contributed by atoms with Crippen molar-refractivity contribution in [2.75, 3.05) is 12.4 Å². The number of nitrogens with one attached hydrogen (secondary N) is 1. The number of anilines is 1. The fourth-order valence-corrected chi connectivity index (χ4v) is 1.93. The lowest BCUT2D eigenvalue weighted by Crippen LogP contribution is -2.14. The minimum absolute atomic E-state index is 0.252. The average Bonchev–Trinajstić information content (AvgIpc) is 2.41. The molecule has 1 aromatic carbocycles. The second-order valence-corrected chi connectivity index (χ2v) is 4.79. The minimum Gasteiger partial charge on any atom is -0.497 e. The molecule has 0 aliphatic rings. The van der Waals surface area contributed by atoms with Crippen molar-refractivity contribution in [3.8, 4) is 5.75 Å². The highest BCUT2D eigenvalue weighted by atomic mass is 79.9. The Bertz CT molecular complexity index is 614. The zero-order valence-electron chi connectivity index (χ0n) is 10.6. The number of carbonyl (C=O) groups excluding carboxylic acids is 1. The maximum Gasteiger partial charge on any atom is 0.274 e. The number of benzene rings is 1. The highest BCUT2D eigenvalue weighted by molar-refractivity contribution is 9.10. The molecule has 0 saturated heterocycles. The van der Waals surface area contributed by atoms with Crippen molar-refractivity contribution in [1.29, 1.82) is 0 Å². The van der Waals surface area contributed by atoms with Crippen molar-refractivity contribution >= 4 is 27.5 Å². The Kier molecular flexibility index (Phi) is 4.16. The Morgan fingerprint density at radius 2 is 2.11 bits per heavy atom. The Balaban J connectivity index is 2.23. The van der Waals surface area contributed by atoms with Crippen LogP contribution in [0, 0.1) is 6.92 Å². The number of amides is 1. The van der Waals surface area contributed by atoms with Crippen molar-refractivity contribution in [2.24, 2.45) is 0 Å². The third-order valence-electron chi connectivity index (χ3n) is 2.64. The minimum atomic E-state index is -0.252. The number of aromatic nitrogens is 1. The fraction of sp³-hybridized carbons (Fsp3) is 0.143. The maximum absolute atomic E-state index is 12.1. The number of carbonyl (C=O) groups is 1. The van der Waals surface area contributed by atoms with Crippen LogP contribution in [0.5, 0.6) is 5.75 Å². The van der Waals surface area contributed by atoms with E-state index in [9.17, 15) is 4.79 Å². The Labute approximate surface area is 119 Å². The monoisotopic (exact) mass is 320 g/mol. The molecule has 0 aliphatic carbocycles. The average molecular weight is 321 g/mol. The summed E-state index contributed by atoms with van der Waals surface area (Å²) in [4.78, 5) is 16.2. The standard InChI is InChI=1S/C14H13BrN2O2/c1-9-6-7-10(19-2)8-12(9)17-14(18)11-4-3-5-13(15)16-11/h3-8H,1-2H3,(H,17,18). The van der Waals surface area contributed by atoms with Gasteiger partial charge >= 0.3 is 0 Å². The molecule has 98 valence electrons. The summed E-state index contributed by atoms with van der Waals surface area (Å²) in [5.74, 6) is 0.445. The molecule has 0 saturated carbocycles. The summed E-state index contributed by atoms with van der Waals surface area (Å²) >= 11 is 3.24. The van der Waals surface area contributed by atoms with Gasteiger partial charge in [0.15, 0.2) is 0 Å². The summed E-state index contributed by atoms with van der Waals surface area (Å²) in [5.41, 5.74) is 2.03. The number of rotatable bonds is 3. The van der Waals surface area contributed by atoms with Gasteiger partial charge in [-0.3, -0.25) is 4.79 Å². The zero-order chi connectivity index (χ0) is 13.8. The van der Waals surface area contributed by atoms with E-state index in [1.54, 1.807) is 31.4 Å². The van der Waals surface area contributed by atoms with Crippen LogP contribution < -0.4 is 10.1 Å². The topological polar surface area (TPSA) is 51.2 Å². The number of pyridine rings is 1.